The Hall–Kier alpha value is -0.0600. The Labute approximate surface area is 127 Å². The minimum atomic E-state index is -0.191. The van der Waals surface area contributed by atoms with Gasteiger partial charge in [-0.25, -0.2) is 4.39 Å². The molecule has 0 bridgehead atoms. The number of rotatable bonds is 4. The van der Waals surface area contributed by atoms with Crippen molar-refractivity contribution in [2.45, 2.75) is 49.9 Å². The van der Waals surface area contributed by atoms with Crippen LogP contribution in [0.5, 0.6) is 0 Å². The monoisotopic (exact) mass is 345 g/mol. The zero-order chi connectivity index (χ0) is 13.8. The molecular formula is C15H21BrFNS. The third-order valence-electron chi connectivity index (χ3n) is 3.92. The largest absolute Gasteiger partial charge is 0.307 e. The zero-order valence-electron chi connectivity index (χ0n) is 11.5. The lowest BCUT2D eigenvalue weighted by atomic mass is 9.93. The molecule has 0 amide bonds. The van der Waals surface area contributed by atoms with Crippen molar-refractivity contribution in [2.24, 2.45) is 0 Å². The summed E-state index contributed by atoms with van der Waals surface area (Å²) in [6.07, 6.45) is 7.30. The maximum Gasteiger partial charge on any atom is 0.124 e. The molecule has 0 spiro atoms. The Kier molecular flexibility index (Phi) is 5.72. The molecular weight excluding hydrogens is 325 g/mol. The summed E-state index contributed by atoms with van der Waals surface area (Å²) < 4.78 is 14.0. The third-order valence-corrected chi connectivity index (χ3v) is 5.75. The predicted molar refractivity (Wildman–Crippen MR) is 85.2 cm³/mol. The average molecular weight is 346 g/mol. The van der Waals surface area contributed by atoms with Crippen LogP contribution in [0.15, 0.2) is 22.7 Å². The smallest absolute Gasteiger partial charge is 0.124 e. The molecule has 1 atom stereocenters. The second-order valence-corrected chi connectivity index (χ2v) is 7.26. The Morgan fingerprint density at radius 3 is 2.58 bits per heavy atom. The van der Waals surface area contributed by atoms with Crippen LogP contribution in [0.25, 0.3) is 0 Å². The minimum absolute atomic E-state index is 0.191. The summed E-state index contributed by atoms with van der Waals surface area (Å²) in [6.45, 7) is 2.15. The molecule has 1 unspecified atom stereocenters. The van der Waals surface area contributed by atoms with Crippen molar-refractivity contribution in [3.8, 4) is 0 Å². The van der Waals surface area contributed by atoms with Crippen LogP contribution >= 0.6 is 27.7 Å². The van der Waals surface area contributed by atoms with Gasteiger partial charge in [-0.1, -0.05) is 22.0 Å². The summed E-state index contributed by atoms with van der Waals surface area (Å²) in [7, 11) is 0. The van der Waals surface area contributed by atoms with Crippen molar-refractivity contribution >= 4 is 27.7 Å². The van der Waals surface area contributed by atoms with E-state index in [1.165, 1.54) is 37.8 Å². The molecule has 1 N–H and O–H groups in total. The maximum atomic E-state index is 13.1. The van der Waals surface area contributed by atoms with Gasteiger partial charge in [0.05, 0.1) is 0 Å². The first kappa shape index (κ1) is 15.3. The van der Waals surface area contributed by atoms with E-state index in [4.69, 9.17) is 0 Å². The van der Waals surface area contributed by atoms with Crippen molar-refractivity contribution in [3.63, 3.8) is 0 Å². The van der Waals surface area contributed by atoms with Crippen LogP contribution in [0.2, 0.25) is 0 Å². The van der Waals surface area contributed by atoms with Crippen LogP contribution in [-0.4, -0.2) is 17.5 Å². The van der Waals surface area contributed by atoms with Crippen molar-refractivity contribution in [3.05, 3.63) is 34.1 Å². The molecule has 1 aromatic carbocycles. The molecule has 1 fully saturated rings. The number of thioether (sulfide) groups is 1. The fourth-order valence-electron chi connectivity index (χ4n) is 2.76. The van der Waals surface area contributed by atoms with Crippen LogP contribution in [0.1, 0.15) is 44.2 Å². The van der Waals surface area contributed by atoms with Crippen molar-refractivity contribution < 1.29 is 4.39 Å². The lowest BCUT2D eigenvalue weighted by molar-refractivity contribution is 0.352. The van der Waals surface area contributed by atoms with Gasteiger partial charge < -0.3 is 5.32 Å². The van der Waals surface area contributed by atoms with Crippen molar-refractivity contribution in [2.75, 3.05) is 6.26 Å². The first-order chi connectivity index (χ1) is 9.10. The van der Waals surface area contributed by atoms with Crippen LogP contribution in [0.3, 0.4) is 0 Å². The van der Waals surface area contributed by atoms with Crippen molar-refractivity contribution in [1.29, 1.82) is 0 Å². The molecule has 1 aliphatic rings. The fraction of sp³-hybridized carbons (Fsp3) is 0.600. The van der Waals surface area contributed by atoms with Gasteiger partial charge in [-0.2, -0.15) is 11.8 Å². The normalized spacial score (nSPS) is 25.3. The molecule has 19 heavy (non-hydrogen) atoms. The molecule has 1 saturated carbocycles. The lowest BCUT2D eigenvalue weighted by Crippen LogP contribution is -2.35. The number of benzene rings is 1. The van der Waals surface area contributed by atoms with Gasteiger partial charge in [0, 0.05) is 21.8 Å². The van der Waals surface area contributed by atoms with Gasteiger partial charge in [0.1, 0.15) is 5.82 Å². The Morgan fingerprint density at radius 2 is 2.00 bits per heavy atom. The summed E-state index contributed by atoms with van der Waals surface area (Å²) in [5.74, 6) is -0.191. The van der Waals surface area contributed by atoms with Gasteiger partial charge in [-0.15, -0.1) is 0 Å². The second-order valence-electron chi connectivity index (χ2n) is 5.26. The molecule has 0 aliphatic heterocycles. The molecule has 2 rings (SSSR count). The molecule has 1 aliphatic carbocycles. The van der Waals surface area contributed by atoms with Gasteiger partial charge in [-0.05, 0) is 56.6 Å². The first-order valence-electron chi connectivity index (χ1n) is 6.84. The van der Waals surface area contributed by atoms with Gasteiger partial charge in [0.15, 0.2) is 0 Å². The van der Waals surface area contributed by atoms with Gasteiger partial charge in [0.2, 0.25) is 0 Å². The molecule has 1 nitrogen and oxygen atoms in total. The van der Waals surface area contributed by atoms with Crippen LogP contribution in [-0.2, 0) is 0 Å². The Morgan fingerprint density at radius 1 is 1.32 bits per heavy atom. The van der Waals surface area contributed by atoms with Gasteiger partial charge in [0.25, 0.3) is 0 Å². The molecule has 1 aromatic rings. The van der Waals surface area contributed by atoms with E-state index in [9.17, 15) is 4.39 Å². The quantitative estimate of drug-likeness (QED) is 0.831. The van der Waals surface area contributed by atoms with Crippen LogP contribution < -0.4 is 5.32 Å². The van der Waals surface area contributed by atoms with E-state index in [0.717, 1.165) is 15.3 Å². The van der Waals surface area contributed by atoms with E-state index in [-0.39, 0.29) is 11.9 Å². The molecule has 0 saturated heterocycles. The minimum Gasteiger partial charge on any atom is -0.307 e. The number of hydrogen-bond donors (Lipinski definition) is 1. The van der Waals surface area contributed by atoms with E-state index in [2.05, 4.69) is 34.4 Å². The van der Waals surface area contributed by atoms with Gasteiger partial charge in [-0.3, -0.25) is 0 Å². The van der Waals surface area contributed by atoms with Crippen molar-refractivity contribution in [1.82, 2.24) is 5.32 Å². The fourth-order valence-corrected chi connectivity index (χ4v) is 4.20. The van der Waals surface area contributed by atoms with Crippen LogP contribution in [0.4, 0.5) is 4.39 Å². The first-order valence-corrected chi connectivity index (χ1v) is 8.92. The highest BCUT2D eigenvalue weighted by Gasteiger charge is 2.22. The number of hydrogen-bond acceptors (Lipinski definition) is 2. The highest BCUT2D eigenvalue weighted by molar-refractivity contribution is 9.10. The van der Waals surface area contributed by atoms with E-state index < -0.39 is 0 Å². The average Bonchev–Trinajstić information content (AvgIpc) is 2.39. The number of nitrogens with one attached hydrogen (secondary N) is 1. The SMILES string of the molecule is CSC1CCC(NC(C)c2ccc(F)cc2Br)CC1. The molecule has 106 valence electrons. The summed E-state index contributed by atoms with van der Waals surface area (Å²) in [4.78, 5) is 0. The topological polar surface area (TPSA) is 12.0 Å². The molecule has 0 radical (unpaired) electrons. The van der Waals surface area contributed by atoms with Gasteiger partial charge >= 0.3 is 0 Å². The lowest BCUT2D eigenvalue weighted by Gasteiger charge is -2.30. The molecule has 0 aromatic heterocycles. The number of halogens is 2. The molecule has 0 heterocycles. The Bertz CT molecular complexity index is 419. The van der Waals surface area contributed by atoms with E-state index in [1.54, 1.807) is 0 Å². The summed E-state index contributed by atoms with van der Waals surface area (Å²) in [5, 5.41) is 4.52. The maximum absolute atomic E-state index is 13.1. The highest BCUT2D eigenvalue weighted by Crippen LogP contribution is 2.30. The second kappa shape index (κ2) is 7.09. The zero-order valence-corrected chi connectivity index (χ0v) is 13.9. The predicted octanol–water partition coefficient (Wildman–Crippen LogP) is 4.91. The standard InChI is InChI=1S/C15H21BrFNS/c1-10(14-8-3-11(17)9-15(14)16)18-12-4-6-13(19-2)7-5-12/h3,8-10,12-13,18H,4-7H2,1-2H3. The summed E-state index contributed by atoms with van der Waals surface area (Å²) in [6, 6.07) is 5.78. The third kappa shape index (κ3) is 4.20. The highest BCUT2D eigenvalue weighted by atomic mass is 79.9. The van der Waals surface area contributed by atoms with E-state index >= 15 is 0 Å². The summed E-state index contributed by atoms with van der Waals surface area (Å²) in [5.41, 5.74) is 1.13. The summed E-state index contributed by atoms with van der Waals surface area (Å²) >= 11 is 5.44. The van der Waals surface area contributed by atoms with E-state index in [0.29, 0.717) is 6.04 Å². The van der Waals surface area contributed by atoms with E-state index in [1.807, 2.05) is 17.8 Å². The Balaban J connectivity index is 1.92. The van der Waals surface area contributed by atoms with Crippen LogP contribution in [0, 0.1) is 5.82 Å². The molecule has 4 heteroatoms.